The molecule has 108 valence electrons. The van der Waals surface area contributed by atoms with Crippen LogP contribution in [-0.4, -0.2) is 33.2 Å². The van der Waals surface area contributed by atoms with Crippen molar-refractivity contribution < 1.29 is 14.2 Å². The molecule has 19 heavy (non-hydrogen) atoms. The van der Waals surface area contributed by atoms with Crippen LogP contribution >= 0.6 is 15.9 Å². The molecular weight excluding hydrogens is 310 g/mol. The monoisotopic (exact) mass is 331 g/mol. The van der Waals surface area contributed by atoms with Gasteiger partial charge >= 0.3 is 0 Å². The quantitative estimate of drug-likeness (QED) is 0.706. The Morgan fingerprint density at radius 3 is 2.47 bits per heavy atom. The van der Waals surface area contributed by atoms with Crippen molar-refractivity contribution in [2.75, 3.05) is 26.9 Å². The first-order chi connectivity index (χ1) is 9.21. The van der Waals surface area contributed by atoms with Crippen molar-refractivity contribution in [3.8, 4) is 5.75 Å². The molecule has 0 amide bonds. The third-order valence-electron chi connectivity index (χ3n) is 2.57. The van der Waals surface area contributed by atoms with Gasteiger partial charge in [-0.25, -0.2) is 0 Å². The molecule has 1 aromatic carbocycles. The van der Waals surface area contributed by atoms with Crippen molar-refractivity contribution in [2.45, 2.75) is 26.7 Å². The number of benzene rings is 1. The minimum absolute atomic E-state index is 0.201. The molecule has 0 spiro atoms. The predicted octanol–water partition coefficient (Wildman–Crippen LogP) is 2.95. The van der Waals surface area contributed by atoms with Crippen LogP contribution in [0, 0.1) is 0 Å². The van der Waals surface area contributed by atoms with E-state index in [4.69, 9.17) is 14.2 Å². The van der Waals surface area contributed by atoms with Gasteiger partial charge in [0.15, 0.2) is 6.29 Å². The molecule has 0 saturated carbocycles. The Bertz CT molecular complexity index is 368. The number of rotatable bonds is 9. The van der Waals surface area contributed by atoms with E-state index in [2.05, 4.69) is 21.2 Å². The summed E-state index contributed by atoms with van der Waals surface area (Å²) in [6, 6.07) is 5.96. The van der Waals surface area contributed by atoms with Crippen LogP contribution in [0.2, 0.25) is 0 Å². The van der Waals surface area contributed by atoms with Gasteiger partial charge in [-0.2, -0.15) is 0 Å². The fraction of sp³-hybridized carbons (Fsp3) is 0.571. The largest absolute Gasteiger partial charge is 0.496 e. The van der Waals surface area contributed by atoms with E-state index in [1.54, 1.807) is 7.11 Å². The normalized spacial score (nSPS) is 11.0. The van der Waals surface area contributed by atoms with Gasteiger partial charge in [0, 0.05) is 36.3 Å². The minimum atomic E-state index is -0.201. The molecule has 1 aromatic rings. The molecule has 0 saturated heterocycles. The molecule has 0 aliphatic carbocycles. The van der Waals surface area contributed by atoms with E-state index in [1.807, 2.05) is 32.0 Å². The highest BCUT2D eigenvalue weighted by molar-refractivity contribution is 9.10. The van der Waals surface area contributed by atoms with Gasteiger partial charge in [0.2, 0.25) is 0 Å². The fourth-order valence-corrected chi connectivity index (χ4v) is 2.16. The summed E-state index contributed by atoms with van der Waals surface area (Å²) in [5, 5.41) is 3.32. The third-order valence-corrected chi connectivity index (χ3v) is 3.07. The zero-order valence-electron chi connectivity index (χ0n) is 11.7. The topological polar surface area (TPSA) is 39.7 Å². The summed E-state index contributed by atoms with van der Waals surface area (Å²) < 4.78 is 17.3. The molecule has 0 aliphatic rings. The summed E-state index contributed by atoms with van der Waals surface area (Å²) >= 11 is 3.46. The van der Waals surface area contributed by atoms with E-state index in [1.165, 1.54) is 0 Å². The van der Waals surface area contributed by atoms with Crippen molar-refractivity contribution in [3.05, 3.63) is 28.2 Å². The van der Waals surface area contributed by atoms with E-state index < -0.39 is 0 Å². The first-order valence-corrected chi connectivity index (χ1v) is 7.26. The maximum atomic E-state index is 5.48. The Hall–Kier alpha value is -0.620. The third kappa shape index (κ3) is 5.91. The molecule has 1 rings (SSSR count). The Balaban J connectivity index is 2.49. The Morgan fingerprint density at radius 1 is 1.21 bits per heavy atom. The van der Waals surface area contributed by atoms with Gasteiger partial charge in [0.1, 0.15) is 5.75 Å². The van der Waals surface area contributed by atoms with E-state index in [0.717, 1.165) is 15.8 Å². The molecule has 0 atom stereocenters. The molecule has 1 N–H and O–H groups in total. The Labute approximate surface area is 123 Å². The van der Waals surface area contributed by atoms with Gasteiger partial charge < -0.3 is 19.5 Å². The molecule has 0 fully saturated rings. The lowest BCUT2D eigenvalue weighted by molar-refractivity contribution is -0.133. The highest BCUT2D eigenvalue weighted by Gasteiger charge is 2.08. The molecule has 0 heterocycles. The molecule has 4 nitrogen and oxygen atoms in total. The second-order valence-corrected chi connectivity index (χ2v) is 4.84. The molecule has 0 unspecified atom stereocenters. The predicted molar refractivity (Wildman–Crippen MR) is 79.4 cm³/mol. The number of ether oxygens (including phenoxy) is 3. The number of hydrogen-bond acceptors (Lipinski definition) is 4. The van der Waals surface area contributed by atoms with Crippen LogP contribution in [0.25, 0.3) is 0 Å². The Morgan fingerprint density at radius 2 is 1.89 bits per heavy atom. The molecular formula is C14H22BrNO3. The fourth-order valence-electron chi connectivity index (χ4n) is 1.75. The molecule has 0 aromatic heterocycles. The molecule has 5 heteroatoms. The lowest BCUT2D eigenvalue weighted by Gasteiger charge is -2.18. The maximum absolute atomic E-state index is 5.48. The zero-order chi connectivity index (χ0) is 14.1. The van der Waals surface area contributed by atoms with Crippen LogP contribution in [0.3, 0.4) is 0 Å². The van der Waals surface area contributed by atoms with Gasteiger partial charge in [-0.1, -0.05) is 15.9 Å². The highest BCUT2D eigenvalue weighted by atomic mass is 79.9. The second kappa shape index (κ2) is 9.31. The zero-order valence-corrected chi connectivity index (χ0v) is 13.3. The van der Waals surface area contributed by atoms with Gasteiger partial charge in [-0.05, 0) is 32.0 Å². The van der Waals surface area contributed by atoms with Crippen molar-refractivity contribution in [1.82, 2.24) is 5.32 Å². The van der Waals surface area contributed by atoms with Gasteiger partial charge in [0.25, 0.3) is 0 Å². The van der Waals surface area contributed by atoms with Crippen LogP contribution in [0.1, 0.15) is 19.4 Å². The molecule has 0 radical (unpaired) electrons. The first-order valence-electron chi connectivity index (χ1n) is 6.47. The Kier molecular flexibility index (Phi) is 8.05. The summed E-state index contributed by atoms with van der Waals surface area (Å²) in [7, 11) is 1.68. The van der Waals surface area contributed by atoms with Crippen molar-refractivity contribution >= 4 is 15.9 Å². The molecule has 0 bridgehead atoms. The van der Waals surface area contributed by atoms with Crippen LogP contribution < -0.4 is 10.1 Å². The summed E-state index contributed by atoms with van der Waals surface area (Å²) in [6.07, 6.45) is -0.201. The number of hydrogen-bond donors (Lipinski definition) is 1. The van der Waals surface area contributed by atoms with Crippen molar-refractivity contribution in [1.29, 1.82) is 0 Å². The summed E-state index contributed by atoms with van der Waals surface area (Å²) in [5.74, 6) is 0.875. The summed E-state index contributed by atoms with van der Waals surface area (Å²) in [6.45, 7) is 6.57. The van der Waals surface area contributed by atoms with E-state index in [9.17, 15) is 0 Å². The lowest BCUT2D eigenvalue weighted by Crippen LogP contribution is -2.31. The first kappa shape index (κ1) is 16.4. The van der Waals surface area contributed by atoms with E-state index >= 15 is 0 Å². The van der Waals surface area contributed by atoms with Gasteiger partial charge in [0.05, 0.1) is 7.11 Å². The number of halogens is 1. The minimum Gasteiger partial charge on any atom is -0.496 e. The summed E-state index contributed by atoms with van der Waals surface area (Å²) in [4.78, 5) is 0. The van der Waals surface area contributed by atoms with Crippen LogP contribution in [0.5, 0.6) is 5.75 Å². The average molecular weight is 332 g/mol. The molecule has 0 aliphatic heterocycles. The smallest absolute Gasteiger partial charge is 0.169 e. The number of nitrogens with one attached hydrogen (secondary N) is 1. The van der Waals surface area contributed by atoms with Gasteiger partial charge in [-0.15, -0.1) is 0 Å². The van der Waals surface area contributed by atoms with E-state index in [0.29, 0.717) is 26.3 Å². The standard InChI is InChI=1S/C14H22BrNO3/c1-4-18-14(19-5-2)10-16-9-11-8-12(15)6-7-13(11)17-3/h6-8,14,16H,4-5,9-10H2,1-3H3. The summed E-state index contributed by atoms with van der Waals surface area (Å²) in [5.41, 5.74) is 1.10. The second-order valence-electron chi connectivity index (χ2n) is 3.93. The number of methoxy groups -OCH3 is 1. The average Bonchev–Trinajstić information content (AvgIpc) is 2.39. The van der Waals surface area contributed by atoms with Crippen molar-refractivity contribution in [3.63, 3.8) is 0 Å². The SMILES string of the molecule is CCOC(CNCc1cc(Br)ccc1OC)OCC. The van der Waals surface area contributed by atoms with E-state index in [-0.39, 0.29) is 6.29 Å². The van der Waals surface area contributed by atoms with Crippen LogP contribution in [0.15, 0.2) is 22.7 Å². The van der Waals surface area contributed by atoms with Gasteiger partial charge in [-0.3, -0.25) is 0 Å². The highest BCUT2D eigenvalue weighted by Crippen LogP contribution is 2.22. The lowest BCUT2D eigenvalue weighted by atomic mass is 10.2. The maximum Gasteiger partial charge on any atom is 0.169 e. The van der Waals surface area contributed by atoms with Crippen molar-refractivity contribution in [2.24, 2.45) is 0 Å². The van der Waals surface area contributed by atoms with Crippen LogP contribution in [-0.2, 0) is 16.0 Å². The van der Waals surface area contributed by atoms with Crippen LogP contribution in [0.4, 0.5) is 0 Å².